The number of hydrogen-bond acceptors (Lipinski definition) is 7. The Labute approximate surface area is 153 Å². The highest BCUT2D eigenvalue weighted by Crippen LogP contribution is 2.46. The molecule has 3 unspecified atom stereocenters. The summed E-state index contributed by atoms with van der Waals surface area (Å²) in [6, 6.07) is 9.63. The van der Waals surface area contributed by atoms with E-state index in [1.54, 1.807) is 6.92 Å². The van der Waals surface area contributed by atoms with E-state index in [4.69, 9.17) is 14.2 Å². The van der Waals surface area contributed by atoms with Crippen LogP contribution in [0.3, 0.4) is 0 Å². The molecule has 2 rings (SSSR count). The summed E-state index contributed by atoms with van der Waals surface area (Å²) in [7, 11) is 2.40. The molecule has 1 aromatic carbocycles. The van der Waals surface area contributed by atoms with Gasteiger partial charge in [-0.15, -0.1) is 0 Å². The molecule has 1 aliphatic rings. The van der Waals surface area contributed by atoms with Crippen molar-refractivity contribution in [2.45, 2.75) is 31.8 Å². The van der Waals surface area contributed by atoms with Gasteiger partial charge in [-0.3, -0.25) is 14.5 Å². The normalized spacial score (nSPS) is 22.4. The molecule has 0 aliphatic carbocycles. The molecule has 0 spiro atoms. The zero-order valence-electron chi connectivity index (χ0n) is 15.6. The summed E-state index contributed by atoms with van der Waals surface area (Å²) in [5, 5.41) is 0. The highest BCUT2D eigenvalue weighted by Gasteiger charge is 2.63. The van der Waals surface area contributed by atoms with Crippen LogP contribution in [0.25, 0.3) is 0 Å². The average Bonchev–Trinajstić information content (AvgIpc) is 3.41. The first-order valence-electron chi connectivity index (χ1n) is 8.55. The Morgan fingerprint density at radius 1 is 1.12 bits per heavy atom. The minimum atomic E-state index is -1.18. The summed E-state index contributed by atoms with van der Waals surface area (Å²) in [6.07, 6.45) is -0.0393. The first-order valence-corrected chi connectivity index (χ1v) is 8.55. The van der Waals surface area contributed by atoms with Crippen LogP contribution in [0, 0.1) is 5.92 Å². The van der Waals surface area contributed by atoms with Crippen LogP contribution in [0.15, 0.2) is 30.3 Å². The standard InChI is InChI=1S/C19H25NO6/c1-5-26-18(23)19(11-15(16(21)24-3)17(22)25-4)12-20(19)13(2)14-9-7-6-8-10-14/h6-10,13,15H,5,11-12H2,1-4H3. The van der Waals surface area contributed by atoms with E-state index < -0.39 is 29.4 Å². The van der Waals surface area contributed by atoms with E-state index in [1.807, 2.05) is 42.2 Å². The van der Waals surface area contributed by atoms with Crippen molar-refractivity contribution in [2.75, 3.05) is 27.4 Å². The number of nitrogens with zero attached hydrogens (tertiary/aromatic N) is 1. The van der Waals surface area contributed by atoms with Gasteiger partial charge in [-0.1, -0.05) is 30.3 Å². The van der Waals surface area contributed by atoms with Gasteiger partial charge in [0.15, 0.2) is 5.92 Å². The Hall–Kier alpha value is -2.41. The molecule has 26 heavy (non-hydrogen) atoms. The van der Waals surface area contributed by atoms with Crippen LogP contribution in [0.1, 0.15) is 31.9 Å². The Morgan fingerprint density at radius 3 is 2.19 bits per heavy atom. The largest absolute Gasteiger partial charge is 0.468 e. The van der Waals surface area contributed by atoms with Gasteiger partial charge in [-0.25, -0.2) is 4.79 Å². The summed E-state index contributed by atoms with van der Waals surface area (Å²) in [6.45, 7) is 4.31. The minimum Gasteiger partial charge on any atom is -0.468 e. The number of ether oxygens (including phenoxy) is 3. The molecule has 1 aliphatic heterocycles. The van der Waals surface area contributed by atoms with Crippen molar-refractivity contribution in [3.05, 3.63) is 35.9 Å². The summed E-state index contributed by atoms with van der Waals surface area (Å²) >= 11 is 0. The maximum atomic E-state index is 12.7. The second-order valence-electron chi connectivity index (χ2n) is 6.27. The van der Waals surface area contributed by atoms with Crippen LogP contribution in [-0.2, 0) is 28.6 Å². The van der Waals surface area contributed by atoms with Gasteiger partial charge < -0.3 is 14.2 Å². The third kappa shape index (κ3) is 3.88. The van der Waals surface area contributed by atoms with E-state index in [1.165, 1.54) is 14.2 Å². The second kappa shape index (κ2) is 8.31. The van der Waals surface area contributed by atoms with Crippen molar-refractivity contribution in [3.8, 4) is 0 Å². The van der Waals surface area contributed by atoms with Gasteiger partial charge in [0, 0.05) is 19.0 Å². The first kappa shape index (κ1) is 19.9. The maximum Gasteiger partial charge on any atom is 0.327 e. The number of carbonyl (C=O) groups excluding carboxylic acids is 3. The molecule has 142 valence electrons. The van der Waals surface area contributed by atoms with Crippen LogP contribution in [-0.4, -0.2) is 55.7 Å². The fraction of sp³-hybridized carbons (Fsp3) is 0.526. The molecule has 1 heterocycles. The lowest BCUT2D eigenvalue weighted by atomic mass is 9.93. The highest BCUT2D eigenvalue weighted by atomic mass is 16.5. The van der Waals surface area contributed by atoms with Crippen molar-refractivity contribution < 1.29 is 28.6 Å². The van der Waals surface area contributed by atoms with Crippen LogP contribution < -0.4 is 0 Å². The number of rotatable bonds is 8. The number of methoxy groups -OCH3 is 2. The van der Waals surface area contributed by atoms with Crippen molar-refractivity contribution in [2.24, 2.45) is 5.92 Å². The van der Waals surface area contributed by atoms with Crippen LogP contribution in [0.5, 0.6) is 0 Å². The molecule has 3 atom stereocenters. The third-order valence-corrected chi connectivity index (χ3v) is 4.80. The summed E-state index contributed by atoms with van der Waals surface area (Å²) < 4.78 is 14.7. The maximum absolute atomic E-state index is 12.7. The molecule has 1 fully saturated rings. The number of hydrogen-bond donors (Lipinski definition) is 0. The van der Waals surface area contributed by atoms with E-state index in [2.05, 4.69) is 0 Å². The van der Waals surface area contributed by atoms with Crippen molar-refractivity contribution in [1.29, 1.82) is 0 Å². The lowest BCUT2D eigenvalue weighted by Gasteiger charge is -2.23. The lowest BCUT2D eigenvalue weighted by Crippen LogP contribution is -2.39. The fourth-order valence-electron chi connectivity index (χ4n) is 3.26. The Morgan fingerprint density at radius 2 is 1.69 bits per heavy atom. The molecule has 0 aromatic heterocycles. The monoisotopic (exact) mass is 363 g/mol. The van der Waals surface area contributed by atoms with Gasteiger partial charge in [-0.05, 0) is 19.4 Å². The smallest absolute Gasteiger partial charge is 0.327 e. The predicted octanol–water partition coefficient (Wildman–Crippen LogP) is 1.72. The lowest BCUT2D eigenvalue weighted by molar-refractivity contribution is -0.160. The molecule has 0 radical (unpaired) electrons. The molecule has 7 heteroatoms. The van der Waals surface area contributed by atoms with E-state index in [0.29, 0.717) is 6.54 Å². The molecule has 1 saturated heterocycles. The van der Waals surface area contributed by atoms with Gasteiger partial charge in [0.1, 0.15) is 5.54 Å². The molecule has 1 aromatic rings. The summed E-state index contributed by atoms with van der Waals surface area (Å²) in [5.74, 6) is -3.07. The fourth-order valence-corrected chi connectivity index (χ4v) is 3.26. The number of esters is 3. The molecule has 0 bridgehead atoms. The van der Waals surface area contributed by atoms with E-state index in [9.17, 15) is 14.4 Å². The molecular weight excluding hydrogens is 338 g/mol. The van der Waals surface area contributed by atoms with Gasteiger partial charge in [0.2, 0.25) is 0 Å². The van der Waals surface area contributed by atoms with Gasteiger partial charge in [0.05, 0.1) is 20.8 Å². The molecular formula is C19H25NO6. The van der Waals surface area contributed by atoms with Crippen molar-refractivity contribution in [1.82, 2.24) is 4.90 Å². The van der Waals surface area contributed by atoms with Crippen molar-refractivity contribution in [3.63, 3.8) is 0 Å². The van der Waals surface area contributed by atoms with Crippen LogP contribution in [0.4, 0.5) is 0 Å². The Kier molecular flexibility index (Phi) is 6.37. The molecule has 0 N–H and O–H groups in total. The molecule has 0 saturated carbocycles. The van der Waals surface area contributed by atoms with Gasteiger partial charge >= 0.3 is 17.9 Å². The third-order valence-electron chi connectivity index (χ3n) is 4.80. The zero-order valence-corrected chi connectivity index (χ0v) is 15.6. The second-order valence-corrected chi connectivity index (χ2v) is 6.27. The predicted molar refractivity (Wildman–Crippen MR) is 93.1 cm³/mol. The van der Waals surface area contributed by atoms with Crippen LogP contribution >= 0.6 is 0 Å². The topological polar surface area (TPSA) is 81.9 Å². The van der Waals surface area contributed by atoms with E-state index >= 15 is 0 Å². The van der Waals surface area contributed by atoms with Gasteiger partial charge in [-0.2, -0.15) is 0 Å². The Balaban J connectivity index is 2.28. The quantitative estimate of drug-likeness (QED) is 0.301. The molecule has 0 amide bonds. The number of carbonyl (C=O) groups is 3. The van der Waals surface area contributed by atoms with Crippen molar-refractivity contribution >= 4 is 17.9 Å². The summed E-state index contributed by atoms with van der Waals surface area (Å²) in [5.41, 5.74) is -0.00967. The summed E-state index contributed by atoms with van der Waals surface area (Å²) in [4.78, 5) is 38.7. The highest BCUT2D eigenvalue weighted by molar-refractivity contribution is 5.96. The number of benzene rings is 1. The minimum absolute atomic E-state index is 0.0393. The first-order chi connectivity index (χ1) is 12.4. The van der Waals surface area contributed by atoms with Crippen LogP contribution in [0.2, 0.25) is 0 Å². The molecule has 7 nitrogen and oxygen atoms in total. The Bertz CT molecular complexity index is 645. The average molecular weight is 363 g/mol. The zero-order chi connectivity index (χ0) is 19.3. The SMILES string of the molecule is CCOC(=O)C1(CC(C(=O)OC)C(=O)OC)CN1C(C)c1ccccc1. The van der Waals surface area contributed by atoms with Gasteiger partial charge in [0.25, 0.3) is 0 Å². The van der Waals surface area contributed by atoms with E-state index in [-0.39, 0.29) is 19.1 Å². The van der Waals surface area contributed by atoms with E-state index in [0.717, 1.165) is 5.56 Å².